The number of allylic oxidation sites excluding steroid dienone is 2. The molecule has 0 saturated carbocycles. The Bertz CT molecular complexity index is 149. The average molecular weight is 84.1 g/mol. The lowest BCUT2D eigenvalue weighted by Gasteiger charge is -1.94. The van der Waals surface area contributed by atoms with Crippen molar-refractivity contribution in [2.75, 3.05) is 6.61 Å². The van der Waals surface area contributed by atoms with Gasteiger partial charge < -0.3 is 4.74 Å². The maximum atomic E-state index is 7.00. The number of ether oxygens (including phenoxy) is 1. The van der Waals surface area contributed by atoms with Crippen molar-refractivity contribution in [1.29, 1.82) is 0 Å². The fourth-order valence-corrected chi connectivity index (χ4v) is 0.273. The molecule has 0 unspecified atom stereocenters. The maximum absolute atomic E-state index is 7.00. The molecule has 0 saturated heterocycles. The van der Waals surface area contributed by atoms with E-state index in [2.05, 4.69) is 0 Å². The van der Waals surface area contributed by atoms with Crippen molar-refractivity contribution >= 4 is 0 Å². The molecule has 32 valence electrons. The average Bonchev–Trinajstić information content (AvgIpc) is 1.77. The predicted molar refractivity (Wildman–Crippen MR) is 24.2 cm³/mol. The first kappa shape index (κ1) is 1.82. The summed E-state index contributed by atoms with van der Waals surface area (Å²) >= 11 is 0. The molecule has 1 heterocycles. The third-order valence-corrected chi connectivity index (χ3v) is 0.505. The summed E-state index contributed by atoms with van der Waals surface area (Å²) in [6.45, 7) is 0.245. The molecule has 1 aliphatic heterocycles. The van der Waals surface area contributed by atoms with Crippen molar-refractivity contribution in [3.63, 3.8) is 0 Å². The molecule has 0 atom stereocenters. The largest absolute Gasteiger partial charge is 0.497 e. The molecule has 0 spiro atoms. The lowest BCUT2D eigenvalue weighted by atomic mass is 10.5. The van der Waals surface area contributed by atoms with Gasteiger partial charge in [0.25, 0.3) is 0 Å². The monoisotopic (exact) mass is 84.1 g/mol. The summed E-state index contributed by atoms with van der Waals surface area (Å²) in [6.07, 6.45) is 2.90. The van der Waals surface area contributed by atoms with E-state index in [0.717, 1.165) is 0 Å². The molecule has 1 aliphatic rings. The van der Waals surface area contributed by atoms with Crippen LogP contribution in [-0.4, -0.2) is 6.61 Å². The lowest BCUT2D eigenvalue weighted by Crippen LogP contribution is -1.82. The van der Waals surface area contributed by atoms with E-state index in [0.29, 0.717) is 0 Å². The van der Waals surface area contributed by atoms with Gasteiger partial charge in [-0.3, -0.25) is 0 Å². The summed E-state index contributed by atoms with van der Waals surface area (Å²) in [6, 6.07) is 0.490. The quantitative estimate of drug-likeness (QED) is 0.427. The van der Waals surface area contributed by atoms with E-state index in [1.165, 1.54) is 12.3 Å². The van der Waals surface area contributed by atoms with Crippen LogP contribution in [0.25, 0.3) is 0 Å². The van der Waals surface area contributed by atoms with Crippen molar-refractivity contribution in [2.24, 2.45) is 0 Å². The van der Waals surface area contributed by atoms with Crippen LogP contribution in [0.4, 0.5) is 0 Å². The standard InChI is InChI=1S/C5H6O/c1-2-4-6-5-3-1/h1-4H,5H2/i1D,3D. The van der Waals surface area contributed by atoms with Crippen LogP contribution in [0.1, 0.15) is 2.74 Å². The molecule has 1 nitrogen and oxygen atoms in total. The van der Waals surface area contributed by atoms with E-state index in [-0.39, 0.29) is 18.7 Å². The van der Waals surface area contributed by atoms with Crippen molar-refractivity contribution < 1.29 is 7.48 Å². The summed E-state index contributed by atoms with van der Waals surface area (Å²) in [5.41, 5.74) is 0. The second-order valence-corrected chi connectivity index (χ2v) is 0.935. The van der Waals surface area contributed by atoms with Crippen LogP contribution in [0.5, 0.6) is 0 Å². The first-order valence-electron chi connectivity index (χ1n) is 2.75. The molecule has 0 bridgehead atoms. The van der Waals surface area contributed by atoms with Crippen LogP contribution in [0.3, 0.4) is 0 Å². The minimum absolute atomic E-state index is 0.243. The number of rotatable bonds is 0. The molecule has 0 fully saturated rings. The van der Waals surface area contributed by atoms with E-state index in [1.54, 1.807) is 0 Å². The highest BCUT2D eigenvalue weighted by Gasteiger charge is 1.75. The summed E-state index contributed by atoms with van der Waals surface area (Å²) in [4.78, 5) is 0. The van der Waals surface area contributed by atoms with Gasteiger partial charge in [0.1, 0.15) is 6.61 Å². The van der Waals surface area contributed by atoms with E-state index in [1.807, 2.05) is 0 Å². The normalized spacial score (nSPS) is 25.3. The Morgan fingerprint density at radius 3 is 3.33 bits per heavy atom. The van der Waals surface area contributed by atoms with Crippen LogP contribution in [0, 0.1) is 0 Å². The minimum Gasteiger partial charge on any atom is -0.497 e. The molecule has 0 radical (unpaired) electrons. The Morgan fingerprint density at radius 2 is 2.83 bits per heavy atom. The highest BCUT2D eigenvalue weighted by Crippen LogP contribution is 1.87. The molecule has 0 aromatic heterocycles. The second-order valence-electron chi connectivity index (χ2n) is 0.935. The van der Waals surface area contributed by atoms with Gasteiger partial charge in [-0.2, -0.15) is 0 Å². The van der Waals surface area contributed by atoms with Gasteiger partial charge in [0.2, 0.25) is 0 Å². The van der Waals surface area contributed by atoms with Gasteiger partial charge in [-0.05, 0) is 12.1 Å². The van der Waals surface area contributed by atoms with Gasteiger partial charge in [0, 0.05) is 0 Å². The summed E-state index contributed by atoms with van der Waals surface area (Å²) in [5, 5.41) is 0. The van der Waals surface area contributed by atoms with E-state index >= 15 is 0 Å². The van der Waals surface area contributed by atoms with Gasteiger partial charge in [-0.1, -0.05) is 6.05 Å². The summed E-state index contributed by atoms with van der Waals surface area (Å²) < 4.78 is 18.7. The van der Waals surface area contributed by atoms with E-state index in [9.17, 15) is 0 Å². The smallest absolute Gasteiger partial charge is 0.106 e. The molecular formula is C5H6O. The van der Waals surface area contributed by atoms with Crippen LogP contribution in [0.2, 0.25) is 0 Å². The molecule has 0 aromatic rings. The Labute approximate surface area is 39.7 Å². The van der Waals surface area contributed by atoms with E-state index in [4.69, 9.17) is 7.48 Å². The molecule has 0 aliphatic carbocycles. The van der Waals surface area contributed by atoms with Crippen molar-refractivity contribution in [1.82, 2.24) is 0 Å². The topological polar surface area (TPSA) is 9.23 Å². The highest BCUT2D eigenvalue weighted by molar-refractivity contribution is 5.02. The van der Waals surface area contributed by atoms with Gasteiger partial charge in [-0.25, -0.2) is 0 Å². The summed E-state index contributed by atoms with van der Waals surface area (Å²) in [5.74, 6) is 0. The zero-order valence-electron chi connectivity index (χ0n) is 5.27. The zero-order valence-corrected chi connectivity index (χ0v) is 3.27. The summed E-state index contributed by atoms with van der Waals surface area (Å²) in [7, 11) is 0. The first-order chi connectivity index (χ1) is 3.80. The Hall–Kier alpha value is -0.720. The third-order valence-electron chi connectivity index (χ3n) is 0.505. The van der Waals surface area contributed by atoms with Crippen molar-refractivity contribution in [2.45, 2.75) is 0 Å². The fourth-order valence-electron chi connectivity index (χ4n) is 0.273. The van der Waals surface area contributed by atoms with Crippen LogP contribution in [-0.2, 0) is 4.74 Å². The Morgan fingerprint density at radius 1 is 1.83 bits per heavy atom. The van der Waals surface area contributed by atoms with Gasteiger partial charge >= 0.3 is 0 Å². The molecule has 0 amide bonds. The highest BCUT2D eigenvalue weighted by atomic mass is 16.5. The van der Waals surface area contributed by atoms with Crippen LogP contribution < -0.4 is 0 Å². The predicted octanol–water partition coefficient (Wildman–Crippen LogP) is 1.09. The second kappa shape index (κ2) is 1.65. The van der Waals surface area contributed by atoms with E-state index < -0.39 is 0 Å². The molecular weight excluding hydrogens is 76.1 g/mol. The molecule has 1 heteroatoms. The zero-order chi connectivity index (χ0) is 5.98. The fraction of sp³-hybridized carbons (Fsp3) is 0.200. The van der Waals surface area contributed by atoms with Gasteiger partial charge in [0.05, 0.1) is 9.00 Å². The molecule has 6 heavy (non-hydrogen) atoms. The Balaban J connectivity index is 2.76. The van der Waals surface area contributed by atoms with Crippen LogP contribution >= 0.6 is 0 Å². The number of hydrogen-bond acceptors (Lipinski definition) is 1. The van der Waals surface area contributed by atoms with Gasteiger partial charge in [-0.15, -0.1) is 0 Å². The first-order valence-corrected chi connectivity index (χ1v) is 1.75. The van der Waals surface area contributed by atoms with Crippen molar-refractivity contribution in [3.8, 4) is 0 Å². The molecule has 0 N–H and O–H groups in total. The Kier molecular flexibility index (Phi) is 0.502. The molecule has 1 rings (SSSR count). The van der Waals surface area contributed by atoms with Crippen molar-refractivity contribution in [3.05, 3.63) is 24.4 Å². The van der Waals surface area contributed by atoms with Gasteiger partial charge in [0.15, 0.2) is 0 Å². The SMILES string of the molecule is [2H]C1=C([2H])COC=C1. The third kappa shape index (κ3) is 0.612. The maximum Gasteiger partial charge on any atom is 0.106 e. The minimum atomic E-state index is 0.243. The van der Waals surface area contributed by atoms with Crippen LogP contribution in [0.15, 0.2) is 24.4 Å². The molecule has 0 aromatic carbocycles. The number of hydrogen-bond donors (Lipinski definition) is 0. The lowest BCUT2D eigenvalue weighted by molar-refractivity contribution is 0.286.